The fourth-order valence-electron chi connectivity index (χ4n) is 2.85. The van der Waals surface area contributed by atoms with Crippen LogP contribution < -0.4 is 5.32 Å². The molecule has 0 aliphatic heterocycles. The number of hydrogen-bond acceptors (Lipinski definition) is 3. The summed E-state index contributed by atoms with van der Waals surface area (Å²) in [7, 11) is 0. The van der Waals surface area contributed by atoms with Gasteiger partial charge in [-0.3, -0.25) is 14.2 Å². The normalized spacial score (nSPS) is 10.8. The van der Waals surface area contributed by atoms with Gasteiger partial charge in [0.05, 0.1) is 22.5 Å². The summed E-state index contributed by atoms with van der Waals surface area (Å²) in [6, 6.07) is 17.1. The van der Waals surface area contributed by atoms with Gasteiger partial charge < -0.3 is 5.32 Å². The van der Waals surface area contributed by atoms with E-state index >= 15 is 0 Å². The van der Waals surface area contributed by atoms with E-state index < -0.39 is 5.91 Å². The molecule has 4 rings (SSSR count). The summed E-state index contributed by atoms with van der Waals surface area (Å²) >= 11 is 12.0. The monoisotopic (exact) mass is 409 g/mol. The predicted molar refractivity (Wildman–Crippen MR) is 110 cm³/mol. The van der Waals surface area contributed by atoms with E-state index in [-0.39, 0.29) is 11.5 Å². The Kier molecular flexibility index (Phi) is 4.86. The van der Waals surface area contributed by atoms with Gasteiger partial charge in [0.15, 0.2) is 0 Å². The van der Waals surface area contributed by atoms with Crippen molar-refractivity contribution in [2.75, 3.05) is 5.32 Å². The molecule has 4 aromatic rings. The summed E-state index contributed by atoms with van der Waals surface area (Å²) in [4.78, 5) is 29.5. The lowest BCUT2D eigenvalue weighted by atomic mass is 10.2. The minimum absolute atomic E-state index is 0.175. The van der Waals surface area contributed by atoms with Gasteiger partial charge in [-0.15, -0.1) is 0 Å². The molecule has 1 amide bonds. The van der Waals surface area contributed by atoms with Crippen LogP contribution in [0.3, 0.4) is 0 Å². The van der Waals surface area contributed by atoms with Crippen LogP contribution in [0.5, 0.6) is 0 Å². The van der Waals surface area contributed by atoms with E-state index in [1.165, 1.54) is 16.8 Å². The highest BCUT2D eigenvalue weighted by Gasteiger charge is 2.15. The molecule has 28 heavy (non-hydrogen) atoms. The van der Waals surface area contributed by atoms with E-state index in [4.69, 9.17) is 23.2 Å². The number of anilines is 1. The number of nitrogens with one attached hydrogen (secondary N) is 1. The summed E-state index contributed by atoms with van der Waals surface area (Å²) in [6.45, 7) is 0. The molecule has 0 bridgehead atoms. The molecule has 0 aliphatic carbocycles. The molecular weight excluding hydrogens is 397 g/mol. The van der Waals surface area contributed by atoms with Gasteiger partial charge in [0, 0.05) is 22.2 Å². The third-order valence-electron chi connectivity index (χ3n) is 4.20. The highest BCUT2D eigenvalue weighted by Crippen LogP contribution is 2.23. The number of carbonyl (C=O) groups excluding carboxylic acids is 2. The average molecular weight is 410 g/mol. The first-order valence-corrected chi connectivity index (χ1v) is 9.12. The topological polar surface area (TPSA) is 64.0 Å². The molecule has 0 atom stereocenters. The molecule has 1 N–H and O–H groups in total. The van der Waals surface area contributed by atoms with Crippen molar-refractivity contribution in [3.8, 4) is 0 Å². The average Bonchev–Trinajstić information content (AvgIpc) is 3.13. The molecule has 2 aromatic carbocycles. The van der Waals surface area contributed by atoms with E-state index in [0.29, 0.717) is 26.9 Å². The Morgan fingerprint density at radius 1 is 0.964 bits per heavy atom. The molecule has 0 unspecified atom stereocenters. The Morgan fingerprint density at radius 2 is 1.75 bits per heavy atom. The van der Waals surface area contributed by atoms with Crippen molar-refractivity contribution < 1.29 is 9.59 Å². The van der Waals surface area contributed by atoms with Gasteiger partial charge in [0.25, 0.3) is 11.8 Å². The number of hydrogen-bond donors (Lipinski definition) is 1. The van der Waals surface area contributed by atoms with Crippen LogP contribution in [0, 0.1) is 0 Å². The summed E-state index contributed by atoms with van der Waals surface area (Å²) in [6.07, 6.45) is 3.15. The Morgan fingerprint density at radius 3 is 2.54 bits per heavy atom. The van der Waals surface area contributed by atoms with Crippen LogP contribution in [-0.2, 0) is 0 Å². The van der Waals surface area contributed by atoms with Gasteiger partial charge in [-0.05, 0) is 42.5 Å². The first kappa shape index (κ1) is 18.2. The van der Waals surface area contributed by atoms with Crippen LogP contribution in [0.25, 0.3) is 11.0 Å². The number of amides is 1. The first-order chi connectivity index (χ1) is 13.5. The van der Waals surface area contributed by atoms with E-state index in [1.54, 1.807) is 54.7 Å². The standard InChI is InChI=1S/C21H13Cl2N3O2/c22-15-6-7-18(23)17(11-15)20(27)25-16-10-14-8-9-26(19(14)24-12-16)21(28)13-4-2-1-3-5-13/h1-12H,(H,25,27). The number of rotatable bonds is 3. The molecule has 0 fully saturated rings. The summed E-state index contributed by atoms with van der Waals surface area (Å²) in [5.41, 5.74) is 1.83. The highest BCUT2D eigenvalue weighted by atomic mass is 35.5. The summed E-state index contributed by atoms with van der Waals surface area (Å²) in [5.74, 6) is -0.570. The quantitative estimate of drug-likeness (QED) is 0.500. The Bertz CT molecular complexity index is 1200. The van der Waals surface area contributed by atoms with Crippen molar-refractivity contribution in [2.45, 2.75) is 0 Å². The van der Waals surface area contributed by atoms with Crippen molar-refractivity contribution in [1.29, 1.82) is 0 Å². The number of fused-ring (bicyclic) bond motifs is 1. The molecule has 138 valence electrons. The molecule has 2 aromatic heterocycles. The number of nitrogens with zero attached hydrogens (tertiary/aromatic N) is 2. The zero-order chi connectivity index (χ0) is 19.7. The second kappa shape index (κ2) is 7.46. The maximum Gasteiger partial charge on any atom is 0.263 e. The third kappa shape index (κ3) is 3.50. The predicted octanol–water partition coefficient (Wildman–Crippen LogP) is 5.28. The van der Waals surface area contributed by atoms with E-state index in [0.717, 1.165) is 5.39 Å². The van der Waals surface area contributed by atoms with Crippen LogP contribution in [0.2, 0.25) is 10.0 Å². The number of pyridine rings is 1. The number of carbonyl (C=O) groups is 2. The van der Waals surface area contributed by atoms with Crippen LogP contribution in [0.4, 0.5) is 5.69 Å². The molecule has 0 spiro atoms. The largest absolute Gasteiger partial charge is 0.321 e. The first-order valence-electron chi connectivity index (χ1n) is 8.36. The summed E-state index contributed by atoms with van der Waals surface area (Å²) < 4.78 is 1.48. The van der Waals surface area contributed by atoms with Crippen LogP contribution in [-0.4, -0.2) is 21.4 Å². The second-order valence-corrected chi connectivity index (χ2v) is 6.92. The third-order valence-corrected chi connectivity index (χ3v) is 4.76. The lowest BCUT2D eigenvalue weighted by Gasteiger charge is -2.08. The fraction of sp³-hybridized carbons (Fsp3) is 0. The van der Waals surface area contributed by atoms with Crippen molar-refractivity contribution in [2.24, 2.45) is 0 Å². The van der Waals surface area contributed by atoms with Crippen molar-refractivity contribution in [3.63, 3.8) is 0 Å². The van der Waals surface area contributed by atoms with E-state index in [9.17, 15) is 9.59 Å². The lowest BCUT2D eigenvalue weighted by Crippen LogP contribution is -2.13. The van der Waals surface area contributed by atoms with Gasteiger partial charge in [0.1, 0.15) is 5.65 Å². The Labute approximate surface area is 170 Å². The second-order valence-electron chi connectivity index (χ2n) is 6.07. The van der Waals surface area contributed by atoms with Gasteiger partial charge in [-0.2, -0.15) is 0 Å². The number of aromatic nitrogens is 2. The van der Waals surface area contributed by atoms with Gasteiger partial charge in [0.2, 0.25) is 0 Å². The smallest absolute Gasteiger partial charge is 0.263 e. The highest BCUT2D eigenvalue weighted by molar-refractivity contribution is 6.36. The van der Waals surface area contributed by atoms with Crippen LogP contribution in [0.1, 0.15) is 20.7 Å². The van der Waals surface area contributed by atoms with E-state index in [1.807, 2.05) is 6.07 Å². The molecule has 7 heteroatoms. The van der Waals surface area contributed by atoms with Crippen molar-refractivity contribution in [1.82, 2.24) is 9.55 Å². The van der Waals surface area contributed by atoms with Crippen LogP contribution >= 0.6 is 23.2 Å². The minimum Gasteiger partial charge on any atom is -0.321 e. The Balaban J connectivity index is 1.62. The van der Waals surface area contributed by atoms with Crippen molar-refractivity contribution >= 4 is 51.7 Å². The molecule has 2 heterocycles. The maximum atomic E-state index is 12.7. The zero-order valence-corrected chi connectivity index (χ0v) is 15.9. The van der Waals surface area contributed by atoms with Gasteiger partial charge >= 0.3 is 0 Å². The molecule has 0 radical (unpaired) electrons. The van der Waals surface area contributed by atoms with Gasteiger partial charge in [-0.1, -0.05) is 41.4 Å². The van der Waals surface area contributed by atoms with Gasteiger partial charge in [-0.25, -0.2) is 4.98 Å². The van der Waals surface area contributed by atoms with Crippen LogP contribution in [0.15, 0.2) is 73.1 Å². The maximum absolute atomic E-state index is 12.7. The van der Waals surface area contributed by atoms with E-state index in [2.05, 4.69) is 10.3 Å². The fourth-order valence-corrected chi connectivity index (χ4v) is 3.22. The Hall–Kier alpha value is -3.15. The minimum atomic E-state index is -0.395. The lowest BCUT2D eigenvalue weighted by molar-refractivity contribution is 0.0963. The number of benzene rings is 2. The molecular formula is C21H13Cl2N3O2. The number of halogens is 2. The summed E-state index contributed by atoms with van der Waals surface area (Å²) in [5, 5.41) is 4.19. The van der Waals surface area contributed by atoms with Crippen molar-refractivity contribution in [3.05, 3.63) is 94.2 Å². The molecule has 0 aliphatic rings. The molecule has 0 saturated heterocycles. The zero-order valence-electron chi connectivity index (χ0n) is 14.4. The molecule has 0 saturated carbocycles. The SMILES string of the molecule is O=C(Nc1cnc2c(ccn2C(=O)c2ccccc2)c1)c1cc(Cl)ccc1Cl. The molecule has 5 nitrogen and oxygen atoms in total.